The number of hydrogen-bond donors (Lipinski definition) is 0. The van der Waals surface area contributed by atoms with Gasteiger partial charge in [0.1, 0.15) is 0 Å². The molecular weight excluding hydrogens is 446 g/mol. The molecule has 36 heavy (non-hydrogen) atoms. The highest BCUT2D eigenvalue weighted by molar-refractivity contribution is 6.29. The van der Waals surface area contributed by atoms with E-state index in [0.29, 0.717) is 12.8 Å². The quantitative estimate of drug-likeness (QED) is 0.424. The van der Waals surface area contributed by atoms with Crippen LogP contribution in [0.5, 0.6) is 0 Å². The minimum absolute atomic E-state index is 0.0498. The zero-order valence-electron chi connectivity index (χ0n) is 20.6. The van der Waals surface area contributed by atoms with Crippen molar-refractivity contribution in [3.63, 3.8) is 0 Å². The van der Waals surface area contributed by atoms with Crippen LogP contribution in [0.15, 0.2) is 91.0 Å². The summed E-state index contributed by atoms with van der Waals surface area (Å²) in [7, 11) is 0. The molecule has 2 amide bonds. The van der Waals surface area contributed by atoms with Gasteiger partial charge in [0.25, 0.3) is 0 Å². The molecule has 2 bridgehead atoms. The second kappa shape index (κ2) is 8.12. The van der Waals surface area contributed by atoms with Crippen LogP contribution in [-0.4, -0.2) is 22.5 Å². The average molecular weight is 476 g/mol. The minimum Gasteiger partial charge on any atom is -0.298 e. The number of ketones is 1. The van der Waals surface area contributed by atoms with Crippen molar-refractivity contribution in [1.82, 2.24) is 4.90 Å². The zero-order valence-corrected chi connectivity index (χ0v) is 20.6. The van der Waals surface area contributed by atoms with E-state index in [1.807, 2.05) is 105 Å². The lowest BCUT2D eigenvalue weighted by Crippen LogP contribution is -2.41. The van der Waals surface area contributed by atoms with Gasteiger partial charge in [0.15, 0.2) is 5.78 Å². The van der Waals surface area contributed by atoms with Gasteiger partial charge in [-0.05, 0) is 40.7 Å². The Morgan fingerprint density at radius 2 is 1.00 bits per heavy atom. The van der Waals surface area contributed by atoms with Crippen molar-refractivity contribution in [3.05, 3.63) is 108 Å². The lowest BCUT2D eigenvalue weighted by atomic mass is 9.60. The summed E-state index contributed by atoms with van der Waals surface area (Å²) >= 11 is 0. The molecule has 3 aliphatic rings. The molecule has 1 saturated heterocycles. The minimum atomic E-state index is -1.02. The van der Waals surface area contributed by atoms with Gasteiger partial charge in [-0.25, -0.2) is 0 Å². The highest BCUT2D eigenvalue weighted by Gasteiger charge is 2.80. The Balaban J connectivity index is 1.62. The van der Waals surface area contributed by atoms with Crippen LogP contribution in [0.3, 0.4) is 0 Å². The third kappa shape index (κ3) is 2.67. The molecule has 1 aliphatic heterocycles. The van der Waals surface area contributed by atoms with Crippen molar-refractivity contribution in [2.45, 2.75) is 33.2 Å². The molecule has 0 unspecified atom stereocenters. The van der Waals surface area contributed by atoms with Crippen molar-refractivity contribution in [2.75, 3.05) is 0 Å². The number of Topliss-reactive ketones (excluding diaryl/α,β-unsaturated/α-hetero) is 1. The molecule has 3 aromatic rings. The number of carbonyl (C=O) groups is 3. The van der Waals surface area contributed by atoms with Crippen LogP contribution in [0.4, 0.5) is 0 Å². The maximum atomic E-state index is 14.6. The van der Waals surface area contributed by atoms with Gasteiger partial charge >= 0.3 is 0 Å². The number of nitrogens with zero attached hydrogens (tertiary/aromatic N) is 1. The first-order valence-corrected chi connectivity index (χ1v) is 12.8. The second-order valence-corrected chi connectivity index (χ2v) is 10.2. The molecule has 0 aromatic heterocycles. The summed E-state index contributed by atoms with van der Waals surface area (Å²) in [5.41, 5.74) is 2.66. The summed E-state index contributed by atoms with van der Waals surface area (Å²) in [6.45, 7) is 4.23. The van der Waals surface area contributed by atoms with Gasteiger partial charge in [-0.2, -0.15) is 0 Å². The number of hydrogen-bond acceptors (Lipinski definition) is 3. The number of carbonyl (C=O) groups excluding carboxylic acids is 3. The van der Waals surface area contributed by atoms with E-state index in [1.54, 1.807) is 0 Å². The van der Waals surface area contributed by atoms with E-state index in [0.717, 1.165) is 27.8 Å². The Morgan fingerprint density at radius 1 is 0.611 bits per heavy atom. The summed E-state index contributed by atoms with van der Waals surface area (Å²) in [5, 5.41) is 0. The van der Waals surface area contributed by atoms with Gasteiger partial charge in [-0.15, -0.1) is 0 Å². The number of amides is 2. The maximum absolute atomic E-state index is 14.6. The molecule has 1 saturated carbocycles. The summed E-state index contributed by atoms with van der Waals surface area (Å²) in [6, 6.07) is 29.6. The topological polar surface area (TPSA) is 54.5 Å². The lowest BCUT2D eigenvalue weighted by molar-refractivity contribution is -0.146. The predicted octanol–water partition coefficient (Wildman–Crippen LogP) is 5.79. The summed E-state index contributed by atoms with van der Waals surface area (Å²) < 4.78 is 0. The Bertz CT molecular complexity index is 1310. The van der Waals surface area contributed by atoms with Crippen molar-refractivity contribution in [1.29, 1.82) is 0 Å². The molecule has 4 heteroatoms. The first-order chi connectivity index (χ1) is 17.5. The van der Waals surface area contributed by atoms with E-state index in [4.69, 9.17) is 0 Å². The number of allylic oxidation sites excluding steroid dienone is 2. The van der Waals surface area contributed by atoms with Gasteiger partial charge in [-0.3, -0.25) is 19.3 Å². The maximum Gasteiger partial charge on any atom is 0.234 e. The Morgan fingerprint density at radius 3 is 1.39 bits per heavy atom. The van der Waals surface area contributed by atoms with Gasteiger partial charge < -0.3 is 0 Å². The SMILES string of the molecule is CC[C@]12C(=O)[C@@](CC)(C(c3ccccc3)=C1c1ccccc1)[C@@H]1C(=O)N(Cc3ccccc3)C(=O)[C@H]12. The molecular formula is C32H29NO3. The Hall–Kier alpha value is -3.79. The van der Waals surface area contributed by atoms with Crippen LogP contribution in [0.25, 0.3) is 11.1 Å². The first kappa shape index (κ1) is 22.7. The second-order valence-electron chi connectivity index (χ2n) is 10.2. The summed E-state index contributed by atoms with van der Waals surface area (Å²) in [6.07, 6.45) is 0.959. The third-order valence-electron chi connectivity index (χ3n) is 8.84. The van der Waals surface area contributed by atoms with E-state index < -0.39 is 22.7 Å². The molecule has 0 spiro atoms. The molecule has 2 fully saturated rings. The molecule has 6 rings (SSSR count). The monoisotopic (exact) mass is 475 g/mol. The number of likely N-dealkylation sites (tertiary alicyclic amines) is 1. The molecule has 4 nitrogen and oxygen atoms in total. The molecule has 4 atom stereocenters. The number of rotatable bonds is 6. The van der Waals surface area contributed by atoms with Crippen molar-refractivity contribution >= 4 is 28.7 Å². The molecule has 0 radical (unpaired) electrons. The zero-order chi connectivity index (χ0) is 25.1. The molecule has 3 aromatic carbocycles. The highest BCUT2D eigenvalue weighted by Crippen LogP contribution is 2.75. The largest absolute Gasteiger partial charge is 0.298 e. The summed E-state index contributed by atoms with van der Waals surface area (Å²) in [4.78, 5) is 44.3. The van der Waals surface area contributed by atoms with Crippen LogP contribution in [-0.2, 0) is 20.9 Å². The van der Waals surface area contributed by atoms with Crippen LogP contribution in [0, 0.1) is 22.7 Å². The first-order valence-electron chi connectivity index (χ1n) is 12.8. The summed E-state index contributed by atoms with van der Waals surface area (Å²) in [5.74, 6) is -1.71. The van der Waals surface area contributed by atoms with Crippen LogP contribution in [0.1, 0.15) is 43.4 Å². The molecule has 1 heterocycles. The normalized spacial score (nSPS) is 28.8. The number of imide groups is 1. The average Bonchev–Trinajstić information content (AvgIpc) is 3.42. The molecule has 2 aliphatic carbocycles. The van der Waals surface area contributed by atoms with E-state index in [2.05, 4.69) is 0 Å². The third-order valence-corrected chi connectivity index (χ3v) is 8.84. The van der Waals surface area contributed by atoms with E-state index in [1.165, 1.54) is 4.90 Å². The molecule has 180 valence electrons. The van der Waals surface area contributed by atoms with Crippen LogP contribution < -0.4 is 0 Å². The Kier molecular flexibility index (Phi) is 5.11. The van der Waals surface area contributed by atoms with E-state index in [9.17, 15) is 14.4 Å². The predicted molar refractivity (Wildman–Crippen MR) is 139 cm³/mol. The lowest BCUT2D eigenvalue weighted by Gasteiger charge is -2.38. The standard InChI is InChI=1S/C32H29NO3/c1-3-31-24(22-16-10-6-11-17-22)25(23-18-12-7-13-19-23)32(4-2,30(31)36)27-26(31)28(34)33(29(27)35)20-21-14-8-5-9-15-21/h5-19,26-27H,3-4,20H2,1-2H3/t26-,27-,31-,32-/m0/s1. The number of fused-ring (bicyclic) bond motifs is 5. The molecule has 0 N–H and O–H groups in total. The van der Waals surface area contributed by atoms with Gasteiger partial charge in [0.2, 0.25) is 11.8 Å². The van der Waals surface area contributed by atoms with E-state index in [-0.39, 0.29) is 24.1 Å². The van der Waals surface area contributed by atoms with Gasteiger partial charge in [0.05, 0.1) is 29.2 Å². The fourth-order valence-corrected chi connectivity index (χ4v) is 7.43. The fourth-order valence-electron chi connectivity index (χ4n) is 7.43. The van der Waals surface area contributed by atoms with Gasteiger partial charge in [0, 0.05) is 0 Å². The fraction of sp³-hybridized carbons (Fsp3) is 0.281. The smallest absolute Gasteiger partial charge is 0.234 e. The van der Waals surface area contributed by atoms with Crippen molar-refractivity contribution in [2.24, 2.45) is 22.7 Å². The van der Waals surface area contributed by atoms with Crippen LogP contribution in [0.2, 0.25) is 0 Å². The van der Waals surface area contributed by atoms with Gasteiger partial charge in [-0.1, -0.05) is 105 Å². The van der Waals surface area contributed by atoms with Crippen LogP contribution >= 0.6 is 0 Å². The highest BCUT2D eigenvalue weighted by atomic mass is 16.2. The Labute approximate surface area is 211 Å². The number of benzene rings is 3. The van der Waals surface area contributed by atoms with Crippen molar-refractivity contribution < 1.29 is 14.4 Å². The van der Waals surface area contributed by atoms with E-state index >= 15 is 0 Å². The van der Waals surface area contributed by atoms with Crippen molar-refractivity contribution in [3.8, 4) is 0 Å².